The van der Waals surface area contributed by atoms with E-state index < -0.39 is 10.0 Å². The Morgan fingerprint density at radius 3 is 2.83 bits per heavy atom. The van der Waals surface area contributed by atoms with E-state index in [0.29, 0.717) is 18.1 Å². The molecule has 1 fully saturated rings. The van der Waals surface area contributed by atoms with Gasteiger partial charge in [0.05, 0.1) is 23.7 Å². The van der Waals surface area contributed by atoms with Crippen molar-refractivity contribution in [3.63, 3.8) is 0 Å². The van der Waals surface area contributed by atoms with E-state index in [0.717, 1.165) is 0 Å². The molecule has 1 N–H and O–H groups in total. The largest absolute Gasteiger partial charge is 0.337 e. The zero-order valence-corrected chi connectivity index (χ0v) is 13.5. The zero-order chi connectivity index (χ0) is 16.4. The van der Waals surface area contributed by atoms with E-state index in [4.69, 9.17) is 11.6 Å². The Hall–Kier alpha value is -1.97. The summed E-state index contributed by atoms with van der Waals surface area (Å²) in [7, 11) is -3.76. The van der Waals surface area contributed by atoms with Crippen molar-refractivity contribution in [2.24, 2.45) is 0 Å². The molecule has 1 aliphatic rings. The number of likely N-dealkylation sites (tertiary alicyclic amines) is 1. The number of benzene rings is 1. The molecule has 1 amide bonds. The maximum Gasteiger partial charge on any atom is 0.241 e. The Balaban J connectivity index is 1.53. The Kier molecular flexibility index (Phi) is 4.33. The van der Waals surface area contributed by atoms with Gasteiger partial charge >= 0.3 is 0 Å². The quantitative estimate of drug-likeness (QED) is 0.831. The molecule has 23 heavy (non-hydrogen) atoms. The molecular weight excluding hydrogens is 342 g/mol. The average molecular weight is 356 g/mol. The zero-order valence-electron chi connectivity index (χ0n) is 12.0. The lowest BCUT2D eigenvalue weighted by molar-refractivity contribution is -0.135. The van der Waals surface area contributed by atoms with Crippen molar-refractivity contribution in [3.05, 3.63) is 41.7 Å². The number of halogens is 1. The molecule has 10 heteroatoms. The molecule has 3 rings (SSSR count). The van der Waals surface area contributed by atoms with Gasteiger partial charge < -0.3 is 4.90 Å². The van der Waals surface area contributed by atoms with Crippen molar-refractivity contribution in [1.29, 1.82) is 0 Å². The van der Waals surface area contributed by atoms with Crippen molar-refractivity contribution in [3.8, 4) is 0 Å². The molecule has 0 bridgehead atoms. The molecule has 0 atom stereocenters. The average Bonchev–Trinajstić information content (AvgIpc) is 2.98. The van der Waals surface area contributed by atoms with E-state index >= 15 is 0 Å². The summed E-state index contributed by atoms with van der Waals surface area (Å²) in [5.74, 6) is -0.285. The molecule has 0 spiro atoms. The van der Waals surface area contributed by atoms with Crippen LogP contribution in [0.15, 0.2) is 41.6 Å². The molecule has 1 aromatic heterocycles. The van der Waals surface area contributed by atoms with Gasteiger partial charge in [0.2, 0.25) is 15.9 Å². The first-order valence-electron chi connectivity index (χ1n) is 6.84. The number of nitrogens with zero attached hydrogens (tertiary/aromatic N) is 4. The fraction of sp³-hybridized carbons (Fsp3) is 0.308. The predicted octanol–water partition coefficient (Wildman–Crippen LogP) is 0.293. The van der Waals surface area contributed by atoms with Crippen LogP contribution in [-0.4, -0.2) is 53.9 Å². The fourth-order valence-corrected chi connectivity index (χ4v) is 3.50. The van der Waals surface area contributed by atoms with Gasteiger partial charge in [0, 0.05) is 24.3 Å². The summed E-state index contributed by atoms with van der Waals surface area (Å²) in [5, 5.41) is 7.90. The van der Waals surface area contributed by atoms with Crippen LogP contribution in [0.25, 0.3) is 0 Å². The Labute approximate surface area is 138 Å². The van der Waals surface area contributed by atoms with Crippen LogP contribution in [0.3, 0.4) is 0 Å². The maximum absolute atomic E-state index is 12.1. The van der Waals surface area contributed by atoms with E-state index in [1.165, 1.54) is 18.2 Å². The summed E-state index contributed by atoms with van der Waals surface area (Å²) in [6.45, 7) is 0.682. The highest BCUT2D eigenvalue weighted by atomic mass is 35.5. The molecule has 0 radical (unpaired) electrons. The number of aromatic nitrogens is 3. The molecule has 1 aromatic carbocycles. The summed E-state index contributed by atoms with van der Waals surface area (Å²) in [4.78, 5) is 13.6. The predicted molar refractivity (Wildman–Crippen MR) is 82.3 cm³/mol. The van der Waals surface area contributed by atoms with Gasteiger partial charge in [0.1, 0.15) is 0 Å². The third-order valence-corrected chi connectivity index (χ3v) is 5.18. The number of nitrogens with one attached hydrogen (secondary N) is 1. The van der Waals surface area contributed by atoms with Gasteiger partial charge in [-0.2, -0.15) is 0 Å². The van der Waals surface area contributed by atoms with Crippen molar-refractivity contribution in [2.75, 3.05) is 19.6 Å². The van der Waals surface area contributed by atoms with Crippen LogP contribution in [0.1, 0.15) is 6.04 Å². The highest BCUT2D eigenvalue weighted by Crippen LogP contribution is 2.20. The van der Waals surface area contributed by atoms with Crippen LogP contribution >= 0.6 is 11.6 Å². The minimum absolute atomic E-state index is 0.0295. The summed E-state index contributed by atoms with van der Waals surface area (Å²) >= 11 is 5.78. The standard InChI is InChI=1S/C13H14ClN5O3S/c14-10-2-1-3-12(6-10)23(21,22)16-7-13(20)18-8-11(9-18)19-5-4-15-17-19/h1-6,11,16H,7-9H2. The van der Waals surface area contributed by atoms with Gasteiger partial charge in [-0.25, -0.2) is 17.8 Å². The van der Waals surface area contributed by atoms with Crippen molar-refractivity contribution >= 4 is 27.5 Å². The SMILES string of the molecule is O=C(CNS(=O)(=O)c1cccc(Cl)c1)N1CC(n2ccnn2)C1. The van der Waals surface area contributed by atoms with E-state index in [9.17, 15) is 13.2 Å². The normalized spacial score (nSPS) is 15.4. The lowest BCUT2D eigenvalue weighted by atomic mass is 10.1. The van der Waals surface area contributed by atoms with Crippen LogP contribution in [0.4, 0.5) is 0 Å². The first-order valence-corrected chi connectivity index (χ1v) is 8.70. The van der Waals surface area contributed by atoms with Crippen LogP contribution in [-0.2, 0) is 14.8 Å². The number of sulfonamides is 1. The van der Waals surface area contributed by atoms with Gasteiger partial charge in [-0.05, 0) is 18.2 Å². The maximum atomic E-state index is 12.1. The van der Waals surface area contributed by atoms with Gasteiger partial charge in [-0.3, -0.25) is 4.79 Å². The molecule has 8 nitrogen and oxygen atoms in total. The fourth-order valence-electron chi connectivity index (χ4n) is 2.22. The second-order valence-electron chi connectivity index (χ2n) is 5.12. The number of hydrogen-bond acceptors (Lipinski definition) is 5. The number of carbonyl (C=O) groups is 1. The Bertz CT molecular complexity index is 803. The number of carbonyl (C=O) groups excluding carboxylic acids is 1. The van der Waals surface area contributed by atoms with Crippen LogP contribution in [0, 0.1) is 0 Å². The van der Waals surface area contributed by atoms with Crippen molar-refractivity contribution in [1.82, 2.24) is 24.6 Å². The lowest BCUT2D eigenvalue weighted by Crippen LogP contribution is -2.53. The minimum Gasteiger partial charge on any atom is -0.337 e. The first kappa shape index (κ1) is 15.9. The van der Waals surface area contributed by atoms with Gasteiger partial charge in [-0.1, -0.05) is 22.9 Å². The van der Waals surface area contributed by atoms with E-state index in [1.807, 2.05) is 0 Å². The molecule has 2 aromatic rings. The van der Waals surface area contributed by atoms with Crippen molar-refractivity contribution < 1.29 is 13.2 Å². The monoisotopic (exact) mass is 355 g/mol. The number of amides is 1. The second-order valence-corrected chi connectivity index (χ2v) is 7.32. The van der Waals surface area contributed by atoms with Crippen LogP contribution in [0.5, 0.6) is 0 Å². The smallest absolute Gasteiger partial charge is 0.241 e. The van der Waals surface area contributed by atoms with Gasteiger partial charge in [-0.15, -0.1) is 5.10 Å². The van der Waals surface area contributed by atoms with E-state index in [1.54, 1.807) is 28.0 Å². The molecule has 122 valence electrons. The summed E-state index contributed by atoms with van der Waals surface area (Å²) in [5.41, 5.74) is 0. The number of rotatable bonds is 5. The van der Waals surface area contributed by atoms with Gasteiger partial charge in [0.15, 0.2) is 0 Å². The summed E-state index contributed by atoms with van der Waals surface area (Å²) in [6, 6.07) is 5.96. The third kappa shape index (κ3) is 3.52. The Morgan fingerprint density at radius 1 is 1.39 bits per heavy atom. The molecule has 2 heterocycles. The molecule has 1 saturated heterocycles. The molecule has 0 aliphatic carbocycles. The van der Waals surface area contributed by atoms with E-state index in [-0.39, 0.29) is 23.4 Å². The highest BCUT2D eigenvalue weighted by Gasteiger charge is 2.32. The lowest BCUT2D eigenvalue weighted by Gasteiger charge is -2.38. The first-order chi connectivity index (χ1) is 11.0. The molecule has 0 saturated carbocycles. The summed E-state index contributed by atoms with van der Waals surface area (Å²) < 4.78 is 28.2. The Morgan fingerprint density at radius 2 is 2.17 bits per heavy atom. The highest BCUT2D eigenvalue weighted by molar-refractivity contribution is 7.89. The molecular formula is C13H14ClN5O3S. The van der Waals surface area contributed by atoms with Crippen LogP contribution < -0.4 is 4.72 Å². The summed E-state index contributed by atoms with van der Waals surface area (Å²) in [6.07, 6.45) is 3.30. The second kappa shape index (κ2) is 6.26. The van der Waals surface area contributed by atoms with Gasteiger partial charge in [0.25, 0.3) is 0 Å². The van der Waals surface area contributed by atoms with Crippen molar-refractivity contribution in [2.45, 2.75) is 10.9 Å². The van der Waals surface area contributed by atoms with Crippen LogP contribution in [0.2, 0.25) is 5.02 Å². The molecule has 1 aliphatic heterocycles. The van der Waals surface area contributed by atoms with E-state index in [2.05, 4.69) is 15.0 Å². The third-order valence-electron chi connectivity index (χ3n) is 3.55. The molecule has 0 unspecified atom stereocenters. The topological polar surface area (TPSA) is 97.2 Å². The minimum atomic E-state index is -3.76. The number of hydrogen-bond donors (Lipinski definition) is 1.